The van der Waals surface area contributed by atoms with Gasteiger partial charge in [0.05, 0.1) is 24.9 Å². The number of benzene rings is 1. The third-order valence-corrected chi connectivity index (χ3v) is 5.43. The van der Waals surface area contributed by atoms with Crippen LogP contribution in [0.4, 0.5) is 5.88 Å². The van der Waals surface area contributed by atoms with Gasteiger partial charge in [0.1, 0.15) is 5.69 Å². The molecule has 2 heterocycles. The van der Waals surface area contributed by atoms with Gasteiger partial charge in [-0.15, -0.1) is 0 Å². The minimum atomic E-state index is -0.564. The second kappa shape index (κ2) is 12.2. The number of anilines is 1. The van der Waals surface area contributed by atoms with Gasteiger partial charge in [-0.3, -0.25) is 4.90 Å². The van der Waals surface area contributed by atoms with Gasteiger partial charge >= 0.3 is 0 Å². The smallest absolute Gasteiger partial charge is 0.232 e. The molecular weight excluding hydrogens is 394 g/mol. The van der Waals surface area contributed by atoms with Gasteiger partial charge in [0.2, 0.25) is 5.88 Å². The van der Waals surface area contributed by atoms with Crippen LogP contribution in [0.3, 0.4) is 0 Å². The van der Waals surface area contributed by atoms with Gasteiger partial charge in [-0.1, -0.05) is 49.3 Å². The minimum Gasteiger partial charge on any atom is -0.389 e. The van der Waals surface area contributed by atoms with E-state index in [1.165, 1.54) is 12.8 Å². The molecule has 1 aliphatic rings. The molecule has 7 nitrogen and oxygen atoms in total. The van der Waals surface area contributed by atoms with Crippen molar-refractivity contribution >= 4 is 5.88 Å². The summed E-state index contributed by atoms with van der Waals surface area (Å²) in [5, 5.41) is 15.0. The zero-order valence-corrected chi connectivity index (χ0v) is 19.1. The van der Waals surface area contributed by atoms with Crippen LogP contribution < -0.4 is 4.90 Å². The molecule has 1 aromatic heterocycles. The third-order valence-electron chi connectivity index (χ3n) is 5.43. The summed E-state index contributed by atoms with van der Waals surface area (Å²) in [7, 11) is 1.70. The summed E-state index contributed by atoms with van der Waals surface area (Å²) in [4.78, 5) is 4.48. The fraction of sp³-hybridized carbons (Fsp3) is 0.625. The van der Waals surface area contributed by atoms with Crippen molar-refractivity contribution in [3.63, 3.8) is 0 Å². The summed E-state index contributed by atoms with van der Waals surface area (Å²) in [5.41, 5.74) is 2.98. The number of hydrogen-bond donors (Lipinski definition) is 1. The van der Waals surface area contributed by atoms with Crippen molar-refractivity contribution in [2.75, 3.05) is 58.0 Å². The highest BCUT2D eigenvalue weighted by atomic mass is 16.5. The van der Waals surface area contributed by atoms with E-state index in [0.717, 1.165) is 35.8 Å². The maximum absolute atomic E-state index is 10.6. The van der Waals surface area contributed by atoms with Gasteiger partial charge in [-0.25, -0.2) is 0 Å². The Balaban J connectivity index is 1.78. The third kappa shape index (κ3) is 7.04. The molecule has 1 unspecified atom stereocenters. The lowest BCUT2D eigenvalue weighted by Gasteiger charge is -2.26. The molecule has 0 saturated carbocycles. The minimum absolute atomic E-state index is 0.329. The second-order valence-electron chi connectivity index (χ2n) is 8.69. The maximum Gasteiger partial charge on any atom is 0.232 e. The molecule has 0 radical (unpaired) electrons. The molecule has 0 amide bonds. The molecule has 2 aromatic rings. The zero-order valence-electron chi connectivity index (χ0n) is 19.1. The molecule has 1 aliphatic heterocycles. The van der Waals surface area contributed by atoms with Crippen LogP contribution in [0.15, 0.2) is 34.9 Å². The van der Waals surface area contributed by atoms with Gasteiger partial charge in [-0.2, -0.15) is 0 Å². The van der Waals surface area contributed by atoms with Crippen molar-refractivity contribution < 1.29 is 19.1 Å². The highest BCUT2D eigenvalue weighted by Gasteiger charge is 2.26. The average molecular weight is 432 g/mol. The quantitative estimate of drug-likeness (QED) is 0.521. The van der Waals surface area contributed by atoms with E-state index in [-0.39, 0.29) is 0 Å². The van der Waals surface area contributed by atoms with Crippen LogP contribution in [0.1, 0.15) is 32.3 Å². The van der Waals surface area contributed by atoms with Gasteiger partial charge in [0.25, 0.3) is 0 Å². The Labute approximate surface area is 185 Å². The number of methoxy groups -OCH3 is 1. The predicted molar refractivity (Wildman–Crippen MR) is 122 cm³/mol. The number of aliphatic hydroxyl groups excluding tert-OH is 1. The van der Waals surface area contributed by atoms with Crippen LogP contribution in [-0.2, 0) is 16.0 Å². The van der Waals surface area contributed by atoms with Crippen molar-refractivity contribution in [3.8, 4) is 11.3 Å². The van der Waals surface area contributed by atoms with Crippen LogP contribution in [0.25, 0.3) is 11.3 Å². The van der Waals surface area contributed by atoms with Gasteiger partial charge in [-0.05, 0) is 18.8 Å². The Morgan fingerprint density at radius 1 is 1.16 bits per heavy atom. The second-order valence-corrected chi connectivity index (χ2v) is 8.69. The molecule has 0 bridgehead atoms. The van der Waals surface area contributed by atoms with E-state index in [2.05, 4.69) is 40.9 Å². The van der Waals surface area contributed by atoms with E-state index in [4.69, 9.17) is 14.0 Å². The van der Waals surface area contributed by atoms with E-state index < -0.39 is 6.10 Å². The number of nitrogens with zero attached hydrogens (tertiary/aromatic N) is 3. The highest BCUT2D eigenvalue weighted by Crippen LogP contribution is 2.34. The standard InChI is InChI=1S/C24H37N3O4/c1-19(2)17-30-18-21(28)15-26(13-14-29-3)16-22-23(20-9-5-4-6-10-20)25-31-24(22)27-11-7-8-12-27/h4-6,9-10,19,21,28H,7-8,11-18H2,1-3H3. The molecule has 1 N–H and O–H groups in total. The van der Waals surface area contributed by atoms with Gasteiger partial charge in [0, 0.05) is 52.0 Å². The van der Waals surface area contributed by atoms with E-state index in [1.807, 2.05) is 18.2 Å². The molecule has 172 valence electrons. The molecular formula is C24H37N3O4. The van der Waals surface area contributed by atoms with Gasteiger partial charge in [0.15, 0.2) is 0 Å². The van der Waals surface area contributed by atoms with Crippen LogP contribution in [0.2, 0.25) is 0 Å². The summed E-state index contributed by atoms with van der Waals surface area (Å²) in [5.74, 6) is 1.30. The number of rotatable bonds is 13. The lowest BCUT2D eigenvalue weighted by atomic mass is 10.1. The van der Waals surface area contributed by atoms with E-state index in [9.17, 15) is 5.11 Å². The SMILES string of the molecule is COCCN(Cc1c(-c2ccccc2)noc1N1CCCC1)CC(O)COCC(C)C. The fourth-order valence-electron chi connectivity index (χ4n) is 3.90. The molecule has 0 spiro atoms. The summed E-state index contributed by atoms with van der Waals surface area (Å²) in [6.07, 6.45) is 1.77. The first-order chi connectivity index (χ1) is 15.1. The van der Waals surface area contributed by atoms with Crippen molar-refractivity contribution in [2.24, 2.45) is 5.92 Å². The summed E-state index contributed by atoms with van der Waals surface area (Å²) >= 11 is 0. The average Bonchev–Trinajstić information content (AvgIpc) is 3.42. The molecule has 1 aromatic carbocycles. The molecule has 0 aliphatic carbocycles. The number of ether oxygens (including phenoxy) is 2. The summed E-state index contributed by atoms with van der Waals surface area (Å²) in [6.45, 7) is 9.59. The molecule has 1 atom stereocenters. The van der Waals surface area contributed by atoms with E-state index >= 15 is 0 Å². The van der Waals surface area contributed by atoms with Crippen molar-refractivity contribution in [1.82, 2.24) is 10.1 Å². The number of hydrogen-bond acceptors (Lipinski definition) is 7. The molecule has 1 fully saturated rings. The summed E-state index contributed by atoms with van der Waals surface area (Å²) < 4.78 is 16.8. The normalized spacial score (nSPS) is 15.4. The highest BCUT2D eigenvalue weighted by molar-refractivity contribution is 5.68. The Bertz CT molecular complexity index is 759. The molecule has 31 heavy (non-hydrogen) atoms. The van der Waals surface area contributed by atoms with Crippen molar-refractivity contribution in [1.29, 1.82) is 0 Å². The first-order valence-corrected chi connectivity index (χ1v) is 11.3. The Kier molecular flexibility index (Phi) is 9.33. The van der Waals surface area contributed by atoms with Crippen LogP contribution in [0, 0.1) is 5.92 Å². The largest absolute Gasteiger partial charge is 0.389 e. The van der Waals surface area contributed by atoms with Crippen molar-refractivity contribution in [2.45, 2.75) is 39.3 Å². The predicted octanol–water partition coefficient (Wildman–Crippen LogP) is 3.42. The lowest BCUT2D eigenvalue weighted by molar-refractivity contribution is 0.00338. The fourth-order valence-corrected chi connectivity index (χ4v) is 3.90. The Morgan fingerprint density at radius 3 is 2.58 bits per heavy atom. The van der Waals surface area contributed by atoms with E-state index in [1.54, 1.807) is 7.11 Å². The Hall–Kier alpha value is -1.93. The van der Waals surface area contributed by atoms with Crippen molar-refractivity contribution in [3.05, 3.63) is 35.9 Å². The van der Waals surface area contributed by atoms with Crippen LogP contribution in [-0.4, -0.2) is 74.4 Å². The monoisotopic (exact) mass is 431 g/mol. The first kappa shape index (κ1) is 23.7. The summed E-state index contributed by atoms with van der Waals surface area (Å²) in [6, 6.07) is 10.2. The number of aromatic nitrogens is 1. The zero-order chi connectivity index (χ0) is 22.1. The topological polar surface area (TPSA) is 71.2 Å². The maximum atomic E-state index is 10.6. The van der Waals surface area contributed by atoms with Crippen LogP contribution in [0.5, 0.6) is 0 Å². The first-order valence-electron chi connectivity index (χ1n) is 11.3. The van der Waals surface area contributed by atoms with Crippen LogP contribution >= 0.6 is 0 Å². The molecule has 1 saturated heterocycles. The Morgan fingerprint density at radius 2 is 1.90 bits per heavy atom. The number of aliphatic hydroxyl groups is 1. The molecule has 3 rings (SSSR count). The van der Waals surface area contributed by atoms with Gasteiger partial charge < -0.3 is 24.0 Å². The lowest BCUT2D eigenvalue weighted by Crippen LogP contribution is -2.37. The molecule has 7 heteroatoms. The van der Waals surface area contributed by atoms with E-state index in [0.29, 0.717) is 45.4 Å².